The van der Waals surface area contributed by atoms with E-state index >= 15 is 0 Å². The predicted octanol–water partition coefficient (Wildman–Crippen LogP) is 2.78. The summed E-state index contributed by atoms with van der Waals surface area (Å²) in [6.07, 6.45) is 3.43. The predicted molar refractivity (Wildman–Crippen MR) is 97.4 cm³/mol. The molecule has 1 N–H and O–H groups in total. The van der Waals surface area contributed by atoms with Crippen LogP contribution in [0.25, 0.3) is 0 Å². The number of amides is 1. The molecule has 0 atom stereocenters. The quantitative estimate of drug-likeness (QED) is 0.440. The van der Waals surface area contributed by atoms with Crippen molar-refractivity contribution in [3.8, 4) is 0 Å². The third-order valence-corrected chi connectivity index (χ3v) is 4.33. The molecule has 0 aliphatic heterocycles. The first-order chi connectivity index (χ1) is 11.6. The smallest absolute Gasteiger partial charge is 0.230 e. The van der Waals surface area contributed by atoms with Crippen molar-refractivity contribution in [3.63, 3.8) is 0 Å². The lowest BCUT2D eigenvalue weighted by atomic mass is 10.3. The Labute approximate surface area is 151 Å². The first-order valence-electron chi connectivity index (χ1n) is 7.70. The van der Waals surface area contributed by atoms with E-state index in [1.54, 1.807) is 18.5 Å². The van der Waals surface area contributed by atoms with Gasteiger partial charge >= 0.3 is 0 Å². The van der Waals surface area contributed by atoms with Crippen molar-refractivity contribution in [2.75, 3.05) is 23.7 Å². The average molecular weight is 366 g/mol. The van der Waals surface area contributed by atoms with E-state index < -0.39 is 0 Å². The summed E-state index contributed by atoms with van der Waals surface area (Å²) in [4.78, 5) is 26.7. The van der Waals surface area contributed by atoms with Gasteiger partial charge in [-0.15, -0.1) is 0 Å². The second kappa shape index (κ2) is 9.44. The van der Waals surface area contributed by atoms with Crippen molar-refractivity contribution in [3.05, 3.63) is 41.3 Å². The highest BCUT2D eigenvalue weighted by molar-refractivity contribution is 7.99. The Balaban J connectivity index is 1.90. The van der Waals surface area contributed by atoms with Crippen LogP contribution >= 0.6 is 23.4 Å². The van der Waals surface area contributed by atoms with Gasteiger partial charge in [-0.25, -0.2) is 9.97 Å². The number of thioether (sulfide) groups is 1. The standard InChI is InChI=1S/C16H20ClN5OS/c1-3-22(4-2)14-8-13(17)20-16(21-14)24-11-15(23)19-10-12-6-5-7-18-9-12/h5-9H,3-4,10-11H2,1-2H3,(H,19,23). The molecule has 0 saturated heterocycles. The maximum absolute atomic E-state index is 12.0. The van der Waals surface area contributed by atoms with Crippen LogP contribution in [-0.2, 0) is 11.3 Å². The van der Waals surface area contributed by atoms with Crippen molar-refractivity contribution >= 4 is 35.1 Å². The third kappa shape index (κ3) is 5.65. The molecule has 2 heterocycles. The van der Waals surface area contributed by atoms with E-state index in [9.17, 15) is 4.79 Å². The molecule has 1 amide bonds. The number of hydrogen-bond acceptors (Lipinski definition) is 6. The van der Waals surface area contributed by atoms with Crippen LogP contribution in [0, 0.1) is 0 Å². The highest BCUT2D eigenvalue weighted by Crippen LogP contribution is 2.21. The minimum Gasteiger partial charge on any atom is -0.357 e. The van der Waals surface area contributed by atoms with Crippen LogP contribution in [0.1, 0.15) is 19.4 Å². The molecule has 0 saturated carbocycles. The minimum atomic E-state index is -0.0863. The topological polar surface area (TPSA) is 71.0 Å². The number of carbonyl (C=O) groups is 1. The number of rotatable bonds is 8. The number of aromatic nitrogens is 3. The lowest BCUT2D eigenvalue weighted by molar-refractivity contribution is -0.118. The summed E-state index contributed by atoms with van der Waals surface area (Å²) in [6.45, 7) is 6.23. The van der Waals surface area contributed by atoms with Crippen molar-refractivity contribution < 1.29 is 4.79 Å². The van der Waals surface area contributed by atoms with E-state index in [2.05, 4.69) is 39.0 Å². The normalized spacial score (nSPS) is 10.5. The lowest BCUT2D eigenvalue weighted by Crippen LogP contribution is -2.25. The van der Waals surface area contributed by atoms with E-state index in [1.807, 2.05) is 12.1 Å². The van der Waals surface area contributed by atoms with Gasteiger partial charge in [-0.3, -0.25) is 9.78 Å². The number of nitrogens with one attached hydrogen (secondary N) is 1. The zero-order valence-corrected chi connectivity index (χ0v) is 15.3. The van der Waals surface area contributed by atoms with Gasteiger partial charge in [0.05, 0.1) is 5.75 Å². The fourth-order valence-electron chi connectivity index (χ4n) is 2.04. The molecule has 0 bridgehead atoms. The molecule has 2 aromatic rings. The molecule has 0 unspecified atom stereocenters. The Morgan fingerprint density at radius 1 is 1.33 bits per heavy atom. The van der Waals surface area contributed by atoms with Crippen molar-refractivity contribution in [2.24, 2.45) is 0 Å². The summed E-state index contributed by atoms with van der Waals surface area (Å²) in [5.41, 5.74) is 0.957. The summed E-state index contributed by atoms with van der Waals surface area (Å²) in [5.74, 6) is 0.924. The third-order valence-electron chi connectivity index (χ3n) is 3.29. The van der Waals surface area contributed by atoms with Crippen LogP contribution in [0.3, 0.4) is 0 Å². The van der Waals surface area contributed by atoms with Crippen LogP contribution in [0.4, 0.5) is 5.82 Å². The number of nitrogens with zero attached hydrogens (tertiary/aromatic N) is 4. The lowest BCUT2D eigenvalue weighted by Gasteiger charge is -2.20. The van der Waals surface area contributed by atoms with E-state index in [1.165, 1.54) is 11.8 Å². The summed E-state index contributed by atoms with van der Waals surface area (Å²) in [6, 6.07) is 5.49. The molecule has 2 aromatic heterocycles. The summed E-state index contributed by atoms with van der Waals surface area (Å²) >= 11 is 7.34. The monoisotopic (exact) mass is 365 g/mol. The molecule has 0 aliphatic rings. The molecule has 128 valence electrons. The minimum absolute atomic E-state index is 0.0863. The van der Waals surface area contributed by atoms with Crippen LogP contribution < -0.4 is 10.2 Å². The van der Waals surface area contributed by atoms with Gasteiger partial charge in [0.2, 0.25) is 5.91 Å². The first kappa shape index (κ1) is 18.5. The molecule has 6 nitrogen and oxygen atoms in total. The van der Waals surface area contributed by atoms with Crippen LogP contribution in [0.15, 0.2) is 35.7 Å². The molecule has 24 heavy (non-hydrogen) atoms. The summed E-state index contributed by atoms with van der Waals surface area (Å²) in [5, 5.41) is 3.73. The van der Waals surface area contributed by atoms with E-state index in [-0.39, 0.29) is 11.7 Å². The van der Waals surface area contributed by atoms with Gasteiger partial charge in [0.1, 0.15) is 11.0 Å². The molecule has 2 rings (SSSR count). The largest absolute Gasteiger partial charge is 0.357 e. The summed E-state index contributed by atoms with van der Waals surface area (Å²) < 4.78 is 0. The molecular formula is C16H20ClN5OS. The molecule has 0 aromatic carbocycles. The Morgan fingerprint density at radius 2 is 2.12 bits per heavy atom. The second-order valence-electron chi connectivity index (χ2n) is 4.93. The van der Waals surface area contributed by atoms with E-state index in [0.29, 0.717) is 16.9 Å². The average Bonchev–Trinajstić information content (AvgIpc) is 2.60. The molecule has 0 spiro atoms. The van der Waals surface area contributed by atoms with Gasteiger partial charge in [-0.1, -0.05) is 29.4 Å². The van der Waals surface area contributed by atoms with Crippen LogP contribution in [-0.4, -0.2) is 39.7 Å². The summed E-state index contributed by atoms with van der Waals surface area (Å²) in [7, 11) is 0. The Morgan fingerprint density at radius 3 is 2.79 bits per heavy atom. The zero-order chi connectivity index (χ0) is 17.4. The zero-order valence-electron chi connectivity index (χ0n) is 13.7. The molecule has 0 radical (unpaired) electrons. The van der Waals surface area contributed by atoms with Gasteiger partial charge in [0.25, 0.3) is 0 Å². The SMILES string of the molecule is CCN(CC)c1cc(Cl)nc(SCC(=O)NCc2cccnc2)n1. The fourth-order valence-corrected chi connectivity index (χ4v) is 2.96. The number of carbonyl (C=O) groups excluding carboxylic acids is 1. The highest BCUT2D eigenvalue weighted by atomic mass is 35.5. The second-order valence-corrected chi connectivity index (χ2v) is 6.26. The van der Waals surface area contributed by atoms with Crippen molar-refractivity contribution in [1.29, 1.82) is 0 Å². The van der Waals surface area contributed by atoms with Crippen LogP contribution in [0.5, 0.6) is 0 Å². The van der Waals surface area contributed by atoms with Gasteiger partial charge in [0.15, 0.2) is 5.16 Å². The molecule has 0 fully saturated rings. The van der Waals surface area contributed by atoms with Crippen LogP contribution in [0.2, 0.25) is 5.15 Å². The number of halogens is 1. The molecule has 0 aliphatic carbocycles. The fraction of sp³-hybridized carbons (Fsp3) is 0.375. The molecular weight excluding hydrogens is 346 g/mol. The number of pyridine rings is 1. The number of hydrogen-bond donors (Lipinski definition) is 1. The van der Waals surface area contributed by atoms with Gasteiger partial charge < -0.3 is 10.2 Å². The Hall–Kier alpha value is -1.86. The highest BCUT2D eigenvalue weighted by Gasteiger charge is 2.10. The van der Waals surface area contributed by atoms with E-state index in [0.717, 1.165) is 24.5 Å². The maximum Gasteiger partial charge on any atom is 0.230 e. The van der Waals surface area contributed by atoms with Gasteiger partial charge in [0, 0.05) is 38.1 Å². The van der Waals surface area contributed by atoms with E-state index in [4.69, 9.17) is 11.6 Å². The first-order valence-corrected chi connectivity index (χ1v) is 9.06. The van der Waals surface area contributed by atoms with Gasteiger partial charge in [-0.05, 0) is 25.5 Å². The molecule has 8 heteroatoms. The van der Waals surface area contributed by atoms with Crippen molar-refractivity contribution in [2.45, 2.75) is 25.5 Å². The number of anilines is 1. The van der Waals surface area contributed by atoms with Gasteiger partial charge in [-0.2, -0.15) is 0 Å². The van der Waals surface area contributed by atoms with Crippen molar-refractivity contribution in [1.82, 2.24) is 20.3 Å². The Kier molecular flexibility index (Phi) is 7.27. The maximum atomic E-state index is 12.0. The Bertz CT molecular complexity index is 667.